The number of hydrogen-bond donors (Lipinski definition) is 2. The third-order valence-electron chi connectivity index (χ3n) is 4.04. The molecule has 1 fully saturated rings. The predicted octanol–water partition coefficient (Wildman–Crippen LogP) is 3.49. The maximum Gasteiger partial charge on any atom is 0.134 e. The van der Waals surface area contributed by atoms with E-state index in [4.69, 9.17) is 0 Å². The molecule has 4 heteroatoms. The molecular weight excluding hydrogens is 236 g/mol. The van der Waals surface area contributed by atoms with E-state index in [2.05, 4.69) is 55.2 Å². The van der Waals surface area contributed by atoms with Gasteiger partial charge in [0, 0.05) is 18.7 Å². The van der Waals surface area contributed by atoms with Gasteiger partial charge in [0.25, 0.3) is 0 Å². The molecule has 1 atom stereocenters. The number of nitrogens with one attached hydrogen (secondary N) is 2. The van der Waals surface area contributed by atoms with Gasteiger partial charge < -0.3 is 10.6 Å². The minimum absolute atomic E-state index is 0.407. The third-order valence-corrected chi connectivity index (χ3v) is 4.04. The number of rotatable bonds is 6. The first-order valence-electron chi connectivity index (χ1n) is 7.28. The number of anilines is 2. The van der Waals surface area contributed by atoms with Crippen molar-refractivity contribution in [3.05, 3.63) is 11.9 Å². The Morgan fingerprint density at radius 2 is 1.84 bits per heavy atom. The summed E-state index contributed by atoms with van der Waals surface area (Å²) in [5.74, 6) is 3.13. The van der Waals surface area contributed by atoms with E-state index < -0.39 is 0 Å². The molecule has 0 amide bonds. The van der Waals surface area contributed by atoms with Crippen LogP contribution in [-0.4, -0.2) is 23.1 Å². The second-order valence-electron chi connectivity index (χ2n) is 6.44. The van der Waals surface area contributed by atoms with Crippen molar-refractivity contribution in [1.82, 2.24) is 9.97 Å². The number of aromatic nitrogens is 2. The molecule has 0 spiro atoms. The summed E-state index contributed by atoms with van der Waals surface area (Å²) in [5.41, 5.74) is 1.70. The van der Waals surface area contributed by atoms with Crippen molar-refractivity contribution in [2.45, 2.75) is 47.0 Å². The smallest absolute Gasteiger partial charge is 0.134 e. The van der Waals surface area contributed by atoms with Gasteiger partial charge in [-0.3, -0.25) is 0 Å². The van der Waals surface area contributed by atoms with Crippen LogP contribution in [-0.2, 0) is 0 Å². The van der Waals surface area contributed by atoms with Gasteiger partial charge in [-0.25, -0.2) is 9.97 Å². The van der Waals surface area contributed by atoms with Crippen LogP contribution >= 0.6 is 0 Å². The summed E-state index contributed by atoms with van der Waals surface area (Å²) in [5, 5.41) is 6.85. The third kappa shape index (κ3) is 3.17. The Hall–Kier alpha value is -1.32. The molecule has 4 nitrogen and oxygen atoms in total. The molecule has 1 aliphatic carbocycles. The quantitative estimate of drug-likeness (QED) is 0.824. The lowest BCUT2D eigenvalue weighted by atomic mass is 10.0. The summed E-state index contributed by atoms with van der Waals surface area (Å²) in [6, 6.07) is 0. The standard InChI is InChI=1S/C15H26N4/c1-6-16-13-12(10(2)3)14(19-9-18-13)17-8-11-7-15(11,4)5/h9-11H,6-8H2,1-5H3,(H2,16,17,18,19). The van der Waals surface area contributed by atoms with Crippen LogP contribution in [0.15, 0.2) is 6.33 Å². The summed E-state index contributed by atoms with van der Waals surface area (Å²) < 4.78 is 0. The molecule has 0 aromatic carbocycles. The largest absolute Gasteiger partial charge is 0.370 e. The lowest BCUT2D eigenvalue weighted by molar-refractivity contribution is 0.572. The molecule has 1 unspecified atom stereocenters. The van der Waals surface area contributed by atoms with Crippen LogP contribution in [0.5, 0.6) is 0 Å². The van der Waals surface area contributed by atoms with Crippen LogP contribution in [0.25, 0.3) is 0 Å². The van der Waals surface area contributed by atoms with Crippen molar-refractivity contribution in [1.29, 1.82) is 0 Å². The molecule has 0 saturated heterocycles. The lowest BCUT2D eigenvalue weighted by Gasteiger charge is -2.17. The van der Waals surface area contributed by atoms with Gasteiger partial charge in [0.1, 0.15) is 18.0 Å². The van der Waals surface area contributed by atoms with Crippen molar-refractivity contribution in [2.24, 2.45) is 11.3 Å². The summed E-state index contributed by atoms with van der Waals surface area (Å²) in [4.78, 5) is 8.79. The van der Waals surface area contributed by atoms with E-state index in [0.717, 1.165) is 30.6 Å². The molecule has 1 heterocycles. The maximum atomic E-state index is 4.43. The minimum atomic E-state index is 0.407. The first-order valence-corrected chi connectivity index (χ1v) is 7.28. The fourth-order valence-electron chi connectivity index (χ4n) is 2.54. The van der Waals surface area contributed by atoms with E-state index in [1.165, 1.54) is 12.0 Å². The van der Waals surface area contributed by atoms with E-state index in [-0.39, 0.29) is 0 Å². The molecule has 2 N–H and O–H groups in total. The van der Waals surface area contributed by atoms with Crippen molar-refractivity contribution in [3.8, 4) is 0 Å². The van der Waals surface area contributed by atoms with Crippen LogP contribution in [0.1, 0.15) is 52.5 Å². The Morgan fingerprint density at radius 3 is 2.32 bits per heavy atom. The first-order chi connectivity index (χ1) is 8.95. The average Bonchev–Trinajstić information content (AvgIpc) is 2.94. The monoisotopic (exact) mass is 262 g/mol. The molecule has 0 radical (unpaired) electrons. The molecule has 2 rings (SSSR count). The van der Waals surface area contributed by atoms with E-state index >= 15 is 0 Å². The number of nitrogens with zero attached hydrogens (tertiary/aromatic N) is 2. The van der Waals surface area contributed by atoms with Gasteiger partial charge in [0.05, 0.1) is 0 Å². The molecule has 0 bridgehead atoms. The van der Waals surface area contributed by atoms with Gasteiger partial charge in [-0.1, -0.05) is 27.7 Å². The van der Waals surface area contributed by atoms with Gasteiger partial charge >= 0.3 is 0 Å². The van der Waals surface area contributed by atoms with Gasteiger partial charge in [-0.15, -0.1) is 0 Å². The molecule has 1 saturated carbocycles. The molecule has 1 aromatic heterocycles. The van der Waals surface area contributed by atoms with Gasteiger partial charge in [0.2, 0.25) is 0 Å². The summed E-state index contributed by atoms with van der Waals surface area (Å²) in [7, 11) is 0. The Morgan fingerprint density at radius 1 is 1.26 bits per heavy atom. The maximum absolute atomic E-state index is 4.43. The van der Waals surface area contributed by atoms with Crippen molar-refractivity contribution in [3.63, 3.8) is 0 Å². The fraction of sp³-hybridized carbons (Fsp3) is 0.733. The highest BCUT2D eigenvalue weighted by molar-refractivity contribution is 5.59. The molecule has 1 aliphatic rings. The second-order valence-corrected chi connectivity index (χ2v) is 6.44. The Kier molecular flexibility index (Phi) is 3.97. The first kappa shape index (κ1) is 14.1. The van der Waals surface area contributed by atoms with Crippen LogP contribution in [0.3, 0.4) is 0 Å². The SMILES string of the molecule is CCNc1ncnc(NCC2CC2(C)C)c1C(C)C. The fourth-order valence-corrected chi connectivity index (χ4v) is 2.54. The zero-order valence-corrected chi connectivity index (χ0v) is 12.7. The zero-order chi connectivity index (χ0) is 14.0. The summed E-state index contributed by atoms with van der Waals surface area (Å²) >= 11 is 0. The number of hydrogen-bond acceptors (Lipinski definition) is 4. The van der Waals surface area contributed by atoms with Crippen molar-refractivity contribution in [2.75, 3.05) is 23.7 Å². The highest BCUT2D eigenvalue weighted by Crippen LogP contribution is 2.51. The van der Waals surface area contributed by atoms with Gasteiger partial charge in [-0.05, 0) is 30.6 Å². The van der Waals surface area contributed by atoms with E-state index in [1.54, 1.807) is 6.33 Å². The molecule has 106 valence electrons. The van der Waals surface area contributed by atoms with Gasteiger partial charge in [-0.2, -0.15) is 0 Å². The highest BCUT2D eigenvalue weighted by Gasteiger charge is 2.45. The van der Waals surface area contributed by atoms with Crippen LogP contribution in [0, 0.1) is 11.3 Å². The molecule has 0 aliphatic heterocycles. The highest BCUT2D eigenvalue weighted by atomic mass is 15.1. The molecule has 19 heavy (non-hydrogen) atoms. The van der Waals surface area contributed by atoms with Crippen LogP contribution in [0.4, 0.5) is 11.6 Å². The van der Waals surface area contributed by atoms with E-state index in [9.17, 15) is 0 Å². The topological polar surface area (TPSA) is 49.8 Å². The normalized spacial score (nSPS) is 20.4. The molecular formula is C15H26N4. The van der Waals surface area contributed by atoms with E-state index in [1.807, 2.05) is 0 Å². The summed E-state index contributed by atoms with van der Waals surface area (Å²) in [6.07, 6.45) is 2.95. The Labute approximate surface area is 116 Å². The Bertz CT molecular complexity index is 440. The van der Waals surface area contributed by atoms with Crippen LogP contribution in [0.2, 0.25) is 0 Å². The predicted molar refractivity (Wildman–Crippen MR) is 80.7 cm³/mol. The van der Waals surface area contributed by atoms with Crippen molar-refractivity contribution >= 4 is 11.6 Å². The lowest BCUT2D eigenvalue weighted by Crippen LogP contribution is -2.14. The molecule has 1 aromatic rings. The second kappa shape index (κ2) is 5.35. The van der Waals surface area contributed by atoms with Gasteiger partial charge in [0.15, 0.2) is 0 Å². The average molecular weight is 262 g/mol. The summed E-state index contributed by atoms with van der Waals surface area (Å²) in [6.45, 7) is 13.0. The minimum Gasteiger partial charge on any atom is -0.370 e. The van der Waals surface area contributed by atoms with Crippen LogP contribution < -0.4 is 10.6 Å². The van der Waals surface area contributed by atoms with E-state index in [0.29, 0.717) is 11.3 Å². The zero-order valence-electron chi connectivity index (χ0n) is 12.7. The van der Waals surface area contributed by atoms with Crippen molar-refractivity contribution < 1.29 is 0 Å². The Balaban J connectivity index is 2.12.